The Morgan fingerprint density at radius 1 is 1.30 bits per heavy atom. The molecule has 1 aliphatic rings. The number of hydrogen-bond acceptors (Lipinski definition) is 3. The fourth-order valence-electron chi connectivity index (χ4n) is 2.39. The third-order valence-corrected chi connectivity index (χ3v) is 3.90. The molecule has 116 valence electrons. The summed E-state index contributed by atoms with van der Waals surface area (Å²) in [6.07, 6.45) is 4.15. The van der Waals surface area contributed by atoms with Gasteiger partial charge in [0.2, 0.25) is 0 Å². The number of amides is 2. The maximum atomic E-state index is 11.7. The summed E-state index contributed by atoms with van der Waals surface area (Å²) in [4.78, 5) is 25.2. The summed E-state index contributed by atoms with van der Waals surface area (Å²) in [6, 6.07) is -1.21. The third kappa shape index (κ3) is 5.77. The van der Waals surface area contributed by atoms with Crippen LogP contribution in [-0.2, 0) is 4.79 Å². The van der Waals surface area contributed by atoms with Crippen molar-refractivity contribution in [2.75, 3.05) is 26.2 Å². The first-order valence-corrected chi connectivity index (χ1v) is 7.54. The minimum absolute atomic E-state index is 0.0807. The molecule has 1 fully saturated rings. The van der Waals surface area contributed by atoms with Crippen molar-refractivity contribution in [2.45, 2.75) is 45.6 Å². The Morgan fingerprint density at radius 3 is 2.50 bits per heavy atom. The van der Waals surface area contributed by atoms with Crippen molar-refractivity contribution in [3.05, 3.63) is 0 Å². The van der Waals surface area contributed by atoms with Crippen molar-refractivity contribution in [3.8, 4) is 0 Å². The van der Waals surface area contributed by atoms with E-state index in [1.807, 2.05) is 13.8 Å². The number of carboxylic acid groups (broad SMARTS) is 1. The lowest BCUT2D eigenvalue weighted by Crippen LogP contribution is -2.49. The first-order valence-electron chi connectivity index (χ1n) is 7.54. The van der Waals surface area contributed by atoms with Crippen LogP contribution in [0.5, 0.6) is 0 Å². The molecule has 0 bridgehead atoms. The molecule has 1 aliphatic heterocycles. The van der Waals surface area contributed by atoms with E-state index in [4.69, 9.17) is 5.11 Å². The lowest BCUT2D eigenvalue weighted by molar-refractivity contribution is -0.140. The molecule has 3 N–H and O–H groups in total. The van der Waals surface area contributed by atoms with E-state index in [0.29, 0.717) is 13.0 Å². The molecule has 20 heavy (non-hydrogen) atoms. The standard InChI is InChI=1S/C14H27N3O3/c1-3-11(2)12(13(18)19)16-14(20)15-7-6-10-17-8-4-5-9-17/h11-12H,3-10H2,1-2H3,(H,18,19)(H2,15,16,20)/t11?,12-/m0/s1. The van der Waals surface area contributed by atoms with Crippen molar-refractivity contribution >= 4 is 12.0 Å². The highest BCUT2D eigenvalue weighted by Gasteiger charge is 2.25. The van der Waals surface area contributed by atoms with Crippen LogP contribution < -0.4 is 10.6 Å². The van der Waals surface area contributed by atoms with Crippen LogP contribution in [0.3, 0.4) is 0 Å². The Hall–Kier alpha value is -1.30. The van der Waals surface area contributed by atoms with E-state index < -0.39 is 12.0 Å². The molecule has 0 aliphatic carbocycles. The van der Waals surface area contributed by atoms with Gasteiger partial charge in [0.15, 0.2) is 0 Å². The number of likely N-dealkylation sites (tertiary alicyclic amines) is 1. The molecule has 1 rings (SSSR count). The normalized spacial score (nSPS) is 18.5. The van der Waals surface area contributed by atoms with Gasteiger partial charge in [0.05, 0.1) is 0 Å². The average molecular weight is 285 g/mol. The summed E-state index contributed by atoms with van der Waals surface area (Å²) in [5, 5.41) is 14.4. The molecule has 0 aromatic heterocycles. The maximum Gasteiger partial charge on any atom is 0.326 e. The van der Waals surface area contributed by atoms with Gasteiger partial charge in [-0.2, -0.15) is 0 Å². The predicted octanol–water partition coefficient (Wildman–Crippen LogP) is 1.27. The molecule has 0 aromatic carbocycles. The van der Waals surface area contributed by atoms with E-state index in [2.05, 4.69) is 15.5 Å². The number of nitrogens with zero attached hydrogens (tertiary/aromatic N) is 1. The second-order valence-electron chi connectivity index (χ2n) is 5.50. The zero-order valence-corrected chi connectivity index (χ0v) is 12.5. The molecule has 0 saturated carbocycles. The number of carboxylic acids is 1. The van der Waals surface area contributed by atoms with Crippen molar-refractivity contribution < 1.29 is 14.7 Å². The molecule has 0 aromatic rings. The second kappa shape index (κ2) is 8.79. The molecule has 6 nitrogen and oxygen atoms in total. The van der Waals surface area contributed by atoms with Crippen molar-refractivity contribution in [3.63, 3.8) is 0 Å². The zero-order valence-electron chi connectivity index (χ0n) is 12.5. The number of carbonyl (C=O) groups is 2. The van der Waals surface area contributed by atoms with Gasteiger partial charge in [0, 0.05) is 6.54 Å². The molecule has 1 heterocycles. The van der Waals surface area contributed by atoms with E-state index in [1.54, 1.807) is 0 Å². The maximum absolute atomic E-state index is 11.7. The van der Waals surface area contributed by atoms with Crippen molar-refractivity contribution in [1.29, 1.82) is 0 Å². The van der Waals surface area contributed by atoms with Gasteiger partial charge >= 0.3 is 12.0 Å². The van der Waals surface area contributed by atoms with Gasteiger partial charge in [-0.15, -0.1) is 0 Å². The van der Waals surface area contributed by atoms with E-state index >= 15 is 0 Å². The molecule has 6 heteroatoms. The molecule has 1 saturated heterocycles. The van der Waals surface area contributed by atoms with Gasteiger partial charge in [-0.25, -0.2) is 9.59 Å². The van der Waals surface area contributed by atoms with Crippen LogP contribution in [0, 0.1) is 5.92 Å². The lowest BCUT2D eigenvalue weighted by atomic mass is 9.99. The zero-order chi connectivity index (χ0) is 15.0. The number of carbonyl (C=O) groups excluding carboxylic acids is 1. The van der Waals surface area contributed by atoms with E-state index in [9.17, 15) is 9.59 Å². The number of nitrogens with one attached hydrogen (secondary N) is 2. The second-order valence-corrected chi connectivity index (χ2v) is 5.50. The molecule has 0 radical (unpaired) electrons. The first-order chi connectivity index (χ1) is 9.54. The highest BCUT2D eigenvalue weighted by molar-refractivity contribution is 5.82. The third-order valence-electron chi connectivity index (χ3n) is 3.90. The van der Waals surface area contributed by atoms with E-state index in [1.165, 1.54) is 12.8 Å². The van der Waals surface area contributed by atoms with E-state index in [0.717, 1.165) is 26.1 Å². The quantitative estimate of drug-likeness (QED) is 0.587. The average Bonchev–Trinajstić information content (AvgIpc) is 2.93. The summed E-state index contributed by atoms with van der Waals surface area (Å²) in [7, 11) is 0. The van der Waals surface area contributed by atoms with Crippen molar-refractivity contribution in [1.82, 2.24) is 15.5 Å². The summed E-state index contributed by atoms with van der Waals surface area (Å²) < 4.78 is 0. The Balaban J connectivity index is 2.18. The number of rotatable bonds is 8. The minimum Gasteiger partial charge on any atom is -0.480 e. The molecular weight excluding hydrogens is 258 g/mol. The van der Waals surface area contributed by atoms with Gasteiger partial charge < -0.3 is 20.6 Å². The number of hydrogen-bond donors (Lipinski definition) is 3. The molecule has 2 atom stereocenters. The summed E-state index contributed by atoms with van der Waals surface area (Å²) in [6.45, 7) is 7.62. The molecular formula is C14H27N3O3. The monoisotopic (exact) mass is 285 g/mol. The highest BCUT2D eigenvalue weighted by Crippen LogP contribution is 2.08. The van der Waals surface area contributed by atoms with Crippen LogP contribution in [-0.4, -0.2) is 54.2 Å². The van der Waals surface area contributed by atoms with Gasteiger partial charge in [0.1, 0.15) is 6.04 Å². The lowest BCUT2D eigenvalue weighted by Gasteiger charge is -2.20. The van der Waals surface area contributed by atoms with Crippen LogP contribution in [0.25, 0.3) is 0 Å². The van der Waals surface area contributed by atoms with Crippen molar-refractivity contribution in [2.24, 2.45) is 5.92 Å². The fourth-order valence-corrected chi connectivity index (χ4v) is 2.39. The number of urea groups is 1. The van der Waals surface area contributed by atoms with Crippen LogP contribution in [0.2, 0.25) is 0 Å². The molecule has 0 spiro atoms. The summed E-state index contributed by atoms with van der Waals surface area (Å²) in [5.41, 5.74) is 0. The highest BCUT2D eigenvalue weighted by atomic mass is 16.4. The van der Waals surface area contributed by atoms with Crippen LogP contribution in [0.1, 0.15) is 39.5 Å². The van der Waals surface area contributed by atoms with Gasteiger partial charge in [-0.3, -0.25) is 0 Å². The summed E-state index contributed by atoms with van der Waals surface area (Å²) >= 11 is 0. The largest absolute Gasteiger partial charge is 0.480 e. The Kier molecular flexibility index (Phi) is 7.36. The van der Waals surface area contributed by atoms with Gasteiger partial charge in [-0.05, 0) is 44.8 Å². The Bertz CT molecular complexity index is 317. The van der Waals surface area contributed by atoms with Crippen LogP contribution in [0.4, 0.5) is 4.79 Å². The Labute approximate surface area is 120 Å². The van der Waals surface area contributed by atoms with E-state index in [-0.39, 0.29) is 11.9 Å². The fraction of sp³-hybridized carbons (Fsp3) is 0.857. The minimum atomic E-state index is -0.980. The predicted molar refractivity (Wildman–Crippen MR) is 77.7 cm³/mol. The topological polar surface area (TPSA) is 81.7 Å². The SMILES string of the molecule is CCC(C)[C@H](NC(=O)NCCCN1CCCC1)C(=O)O. The Morgan fingerprint density at radius 2 is 1.95 bits per heavy atom. The van der Waals surface area contributed by atoms with Gasteiger partial charge in [-0.1, -0.05) is 20.3 Å². The van der Waals surface area contributed by atoms with Crippen LogP contribution >= 0.6 is 0 Å². The molecule has 1 unspecified atom stereocenters. The van der Waals surface area contributed by atoms with Crippen LogP contribution in [0.15, 0.2) is 0 Å². The smallest absolute Gasteiger partial charge is 0.326 e. The molecule has 2 amide bonds. The van der Waals surface area contributed by atoms with Gasteiger partial charge in [0.25, 0.3) is 0 Å². The summed E-state index contributed by atoms with van der Waals surface area (Å²) in [5.74, 6) is -1.06. The first kappa shape index (κ1) is 16.8. The number of aliphatic carboxylic acids is 1.